The summed E-state index contributed by atoms with van der Waals surface area (Å²) < 4.78 is 0. The van der Waals surface area contributed by atoms with E-state index in [1.807, 2.05) is 18.2 Å². The molecule has 0 aliphatic carbocycles. The molecule has 3 N–H and O–H groups in total. The number of nitrogens with zero attached hydrogens (tertiary/aromatic N) is 3. The van der Waals surface area contributed by atoms with Gasteiger partial charge in [-0.25, -0.2) is 9.97 Å². The van der Waals surface area contributed by atoms with E-state index in [-0.39, 0.29) is 0 Å². The van der Waals surface area contributed by atoms with Crippen molar-refractivity contribution in [1.82, 2.24) is 19.9 Å². The third kappa shape index (κ3) is 2.65. The topological polar surface area (TPSA) is 70.8 Å². The second kappa shape index (κ2) is 5.81. The van der Waals surface area contributed by atoms with Crippen LogP contribution in [0.5, 0.6) is 0 Å². The smallest absolute Gasteiger partial charge is 0.152 e. The highest BCUT2D eigenvalue weighted by atomic mass is 15.1. The van der Waals surface area contributed by atoms with E-state index < -0.39 is 0 Å². The second-order valence-electron chi connectivity index (χ2n) is 6.67. The van der Waals surface area contributed by atoms with E-state index >= 15 is 0 Å². The summed E-state index contributed by atoms with van der Waals surface area (Å²) in [5, 5.41) is 1.09. The number of rotatable bonds is 1. The highest BCUT2D eigenvalue weighted by Crippen LogP contribution is 2.30. The minimum Gasteiger partial charge on any atom is -0.382 e. The van der Waals surface area contributed by atoms with Crippen molar-refractivity contribution in [3.63, 3.8) is 0 Å². The van der Waals surface area contributed by atoms with E-state index in [0.717, 1.165) is 34.3 Å². The molecule has 0 radical (unpaired) electrons. The Hall–Kier alpha value is -2.14. The number of benzene rings is 1. The Morgan fingerprint density at radius 2 is 2.04 bits per heavy atom. The standard InChI is InChI=1S/C18H23N5/c1-23-10-6-2-3-7-12(11-23)18-21-15-13-8-4-5-9-14(13)20-17(19)16(15)22-18/h4-5,8-9,12H,2-3,6-7,10-11H2,1H3,(H2,19,20)(H,21,22)/t12-/m0/s1. The normalized spacial score (nSPS) is 20.7. The lowest BCUT2D eigenvalue weighted by Crippen LogP contribution is -2.28. The van der Waals surface area contributed by atoms with Gasteiger partial charge in [0.2, 0.25) is 0 Å². The number of hydrogen-bond donors (Lipinski definition) is 2. The van der Waals surface area contributed by atoms with Crippen LogP contribution in [0.15, 0.2) is 24.3 Å². The number of nitrogens with two attached hydrogens (primary N) is 1. The molecule has 5 nitrogen and oxygen atoms in total. The highest BCUT2D eigenvalue weighted by molar-refractivity contribution is 6.06. The first kappa shape index (κ1) is 14.5. The molecule has 5 heteroatoms. The van der Waals surface area contributed by atoms with Crippen molar-refractivity contribution in [3.8, 4) is 0 Å². The molecule has 23 heavy (non-hydrogen) atoms. The van der Waals surface area contributed by atoms with Gasteiger partial charge in [-0.1, -0.05) is 31.0 Å². The summed E-state index contributed by atoms with van der Waals surface area (Å²) in [6, 6.07) is 8.09. The van der Waals surface area contributed by atoms with Crippen LogP contribution in [0.1, 0.15) is 37.4 Å². The van der Waals surface area contributed by atoms with Gasteiger partial charge >= 0.3 is 0 Å². The lowest BCUT2D eigenvalue weighted by Gasteiger charge is -2.25. The van der Waals surface area contributed by atoms with E-state index in [2.05, 4.69) is 28.0 Å². The molecule has 0 amide bonds. The van der Waals surface area contributed by atoms with Gasteiger partial charge in [-0.3, -0.25) is 0 Å². The van der Waals surface area contributed by atoms with Gasteiger partial charge in [-0.15, -0.1) is 0 Å². The number of pyridine rings is 1. The number of fused-ring (bicyclic) bond motifs is 3. The van der Waals surface area contributed by atoms with Gasteiger partial charge in [0.15, 0.2) is 5.82 Å². The molecule has 0 unspecified atom stereocenters. The predicted molar refractivity (Wildman–Crippen MR) is 94.5 cm³/mol. The summed E-state index contributed by atoms with van der Waals surface area (Å²) in [6.45, 7) is 2.22. The molecule has 1 aromatic carbocycles. The summed E-state index contributed by atoms with van der Waals surface area (Å²) in [5.41, 5.74) is 8.89. The Balaban J connectivity index is 1.81. The Kier molecular flexibility index (Phi) is 3.65. The van der Waals surface area contributed by atoms with Crippen LogP contribution in [0, 0.1) is 0 Å². The first-order valence-corrected chi connectivity index (χ1v) is 8.45. The van der Waals surface area contributed by atoms with Gasteiger partial charge < -0.3 is 15.6 Å². The fourth-order valence-corrected chi connectivity index (χ4v) is 3.66. The van der Waals surface area contributed by atoms with Crippen LogP contribution < -0.4 is 5.73 Å². The minimum absolute atomic E-state index is 0.436. The van der Waals surface area contributed by atoms with E-state index in [1.54, 1.807) is 0 Å². The molecule has 0 spiro atoms. The fourth-order valence-electron chi connectivity index (χ4n) is 3.66. The Morgan fingerprint density at radius 3 is 2.96 bits per heavy atom. The van der Waals surface area contributed by atoms with Crippen LogP contribution in [-0.2, 0) is 0 Å². The first-order valence-electron chi connectivity index (χ1n) is 8.45. The van der Waals surface area contributed by atoms with Gasteiger partial charge in [0.1, 0.15) is 11.3 Å². The zero-order chi connectivity index (χ0) is 15.8. The Bertz CT molecular complexity index is 838. The van der Waals surface area contributed by atoms with Crippen molar-refractivity contribution in [1.29, 1.82) is 0 Å². The van der Waals surface area contributed by atoms with Gasteiger partial charge in [-0.05, 0) is 32.5 Å². The number of H-pyrrole nitrogens is 1. The number of imidazole rings is 1. The number of para-hydroxylation sites is 1. The maximum atomic E-state index is 6.14. The Morgan fingerprint density at radius 1 is 1.17 bits per heavy atom. The van der Waals surface area contributed by atoms with Crippen LogP contribution in [0.3, 0.4) is 0 Å². The van der Waals surface area contributed by atoms with E-state index in [4.69, 9.17) is 10.7 Å². The van der Waals surface area contributed by atoms with Crippen molar-refractivity contribution >= 4 is 27.8 Å². The van der Waals surface area contributed by atoms with Gasteiger partial charge in [0, 0.05) is 17.8 Å². The molecule has 1 fully saturated rings. The molecule has 120 valence electrons. The number of nitrogen functional groups attached to an aromatic ring is 1. The van der Waals surface area contributed by atoms with Crippen molar-refractivity contribution < 1.29 is 0 Å². The zero-order valence-electron chi connectivity index (χ0n) is 13.5. The third-order valence-corrected chi connectivity index (χ3v) is 4.89. The molecular formula is C18H23N5. The summed E-state index contributed by atoms with van der Waals surface area (Å²) in [4.78, 5) is 15.3. The van der Waals surface area contributed by atoms with Crippen LogP contribution in [-0.4, -0.2) is 40.0 Å². The summed E-state index contributed by atoms with van der Waals surface area (Å²) >= 11 is 0. The summed E-state index contributed by atoms with van der Waals surface area (Å²) in [6.07, 6.45) is 5.04. The number of aromatic amines is 1. The molecule has 3 aromatic rings. The average Bonchev–Trinajstić information content (AvgIpc) is 2.97. The maximum absolute atomic E-state index is 6.14. The molecule has 1 atom stereocenters. The number of anilines is 1. The minimum atomic E-state index is 0.436. The molecular weight excluding hydrogens is 286 g/mol. The molecule has 3 heterocycles. The summed E-state index contributed by atoms with van der Waals surface area (Å²) in [5.74, 6) is 2.00. The fraction of sp³-hybridized carbons (Fsp3) is 0.444. The molecule has 0 bridgehead atoms. The zero-order valence-corrected chi connectivity index (χ0v) is 13.5. The second-order valence-corrected chi connectivity index (χ2v) is 6.67. The van der Waals surface area contributed by atoms with Gasteiger partial charge in [-0.2, -0.15) is 0 Å². The van der Waals surface area contributed by atoms with Crippen LogP contribution in [0.2, 0.25) is 0 Å². The van der Waals surface area contributed by atoms with Gasteiger partial charge in [0.05, 0.1) is 11.0 Å². The monoisotopic (exact) mass is 309 g/mol. The van der Waals surface area contributed by atoms with E-state index in [0.29, 0.717) is 11.7 Å². The molecule has 1 saturated heterocycles. The lowest BCUT2D eigenvalue weighted by atomic mass is 9.97. The van der Waals surface area contributed by atoms with E-state index in [9.17, 15) is 0 Å². The lowest BCUT2D eigenvalue weighted by molar-refractivity contribution is 0.271. The maximum Gasteiger partial charge on any atom is 0.152 e. The molecule has 1 aliphatic rings. The molecule has 1 aliphatic heterocycles. The largest absolute Gasteiger partial charge is 0.382 e. The van der Waals surface area contributed by atoms with Crippen molar-refractivity contribution in [2.45, 2.75) is 31.6 Å². The number of likely N-dealkylation sites (N-methyl/N-ethyl adjacent to an activating group) is 1. The number of nitrogens with one attached hydrogen (secondary N) is 1. The molecule has 4 rings (SSSR count). The molecule has 0 saturated carbocycles. The van der Waals surface area contributed by atoms with Crippen molar-refractivity contribution in [3.05, 3.63) is 30.1 Å². The summed E-state index contributed by atoms with van der Waals surface area (Å²) in [7, 11) is 2.20. The third-order valence-electron chi connectivity index (χ3n) is 4.89. The number of hydrogen-bond acceptors (Lipinski definition) is 4. The first-order chi connectivity index (χ1) is 11.2. The SMILES string of the molecule is CN1CCCCC[C@H](c2nc3c(N)nc4ccccc4c3[nH]2)C1. The quantitative estimate of drug-likeness (QED) is 0.723. The van der Waals surface area contributed by atoms with Crippen molar-refractivity contribution in [2.75, 3.05) is 25.9 Å². The average molecular weight is 309 g/mol. The number of aromatic nitrogens is 3. The molecule has 2 aromatic heterocycles. The van der Waals surface area contributed by atoms with Crippen LogP contribution in [0.4, 0.5) is 5.82 Å². The van der Waals surface area contributed by atoms with Crippen molar-refractivity contribution in [2.24, 2.45) is 0 Å². The van der Waals surface area contributed by atoms with E-state index in [1.165, 1.54) is 32.2 Å². The van der Waals surface area contributed by atoms with Gasteiger partial charge in [0.25, 0.3) is 0 Å². The Labute approximate surface area is 135 Å². The highest BCUT2D eigenvalue weighted by Gasteiger charge is 2.21. The van der Waals surface area contributed by atoms with Crippen LogP contribution >= 0.6 is 0 Å². The predicted octanol–water partition coefficient (Wildman–Crippen LogP) is 3.28. The number of likely N-dealkylation sites (tertiary alicyclic amines) is 1. The van der Waals surface area contributed by atoms with Crippen LogP contribution in [0.25, 0.3) is 21.9 Å².